The summed E-state index contributed by atoms with van der Waals surface area (Å²) in [7, 11) is 0. The van der Waals surface area contributed by atoms with Gasteiger partial charge in [0.1, 0.15) is 0 Å². The quantitative estimate of drug-likeness (QED) is 0.0621. The van der Waals surface area contributed by atoms with Gasteiger partial charge in [-0.05, 0) is 0 Å². The molecule has 0 aliphatic heterocycles. The summed E-state index contributed by atoms with van der Waals surface area (Å²) in [6.07, 6.45) is 27.0. The number of benzene rings is 2. The van der Waals surface area contributed by atoms with E-state index >= 15 is 17.6 Å². The Morgan fingerprint density at radius 3 is 1.26 bits per heavy atom. The minimum atomic E-state index is -5.09. The summed E-state index contributed by atoms with van der Waals surface area (Å²) >= 11 is -5.09. The van der Waals surface area contributed by atoms with Crippen LogP contribution in [0.3, 0.4) is 0 Å². The topological polar surface area (TPSA) is 6.48 Å². The van der Waals surface area contributed by atoms with Gasteiger partial charge in [0.2, 0.25) is 0 Å². The number of allylic oxidation sites excluding steroid dienone is 8. The van der Waals surface area contributed by atoms with Gasteiger partial charge in [-0.2, -0.15) is 0 Å². The van der Waals surface area contributed by atoms with Crippen molar-refractivity contribution in [3.05, 3.63) is 91.7 Å². The Hall–Kier alpha value is -2.57. The Balaban J connectivity index is 2.04. The van der Waals surface area contributed by atoms with Gasteiger partial charge in [0.05, 0.1) is 0 Å². The standard InChI is InChI=1S/2C22H36F2N.2C5H5.Ti/c2*1-6-9-10-18(8-3)13-15-25(17-22(4,5)14-7-2)21-12-11-19(23)16-20(21)24;2*1-2-4-5-3-1;/h2*11-12,18H,6-10,13-15,17H2,1-5H3;2*1-3H,4H2;. The number of hydrogen-bond acceptors (Lipinski definition) is 2. The van der Waals surface area contributed by atoms with E-state index in [4.69, 9.17) is 0 Å². The summed E-state index contributed by atoms with van der Waals surface area (Å²) in [6.45, 7) is 24.6. The second kappa shape index (κ2) is 23.9. The molecule has 0 amide bonds. The summed E-state index contributed by atoms with van der Waals surface area (Å²) < 4.78 is 72.9. The molecule has 2 aliphatic carbocycles. The number of anilines is 2. The molecule has 0 fully saturated rings. The summed E-state index contributed by atoms with van der Waals surface area (Å²) in [5, 5.41) is 0. The molecule has 2 aliphatic rings. The third-order valence-corrected chi connectivity index (χ3v) is 21.8. The normalized spacial score (nSPS) is 15.4. The Kier molecular flexibility index (Phi) is 20.0. The predicted molar refractivity (Wildman–Crippen MR) is 253 cm³/mol. The first-order chi connectivity index (χ1) is 29.1. The number of rotatable bonds is 28. The van der Waals surface area contributed by atoms with Crippen molar-refractivity contribution in [2.45, 2.75) is 172 Å². The molecular weight excluding hydrogens is 800 g/mol. The van der Waals surface area contributed by atoms with Gasteiger partial charge in [-0.1, -0.05) is 0 Å². The van der Waals surface area contributed by atoms with Gasteiger partial charge < -0.3 is 0 Å². The number of unbranched alkanes of at least 4 members (excludes halogenated alkanes) is 2. The molecule has 0 spiro atoms. The number of halogens is 4. The molecule has 0 saturated heterocycles. The van der Waals surface area contributed by atoms with Crippen molar-refractivity contribution in [3.8, 4) is 0 Å². The van der Waals surface area contributed by atoms with Crippen LogP contribution in [0.1, 0.15) is 172 Å². The van der Waals surface area contributed by atoms with E-state index < -0.39 is 39.9 Å². The van der Waals surface area contributed by atoms with Gasteiger partial charge in [-0.25, -0.2) is 0 Å². The van der Waals surface area contributed by atoms with E-state index in [1.54, 1.807) is 12.1 Å². The van der Waals surface area contributed by atoms with Crippen LogP contribution < -0.4 is 17.5 Å². The van der Waals surface area contributed by atoms with Crippen molar-refractivity contribution >= 4 is 19.1 Å². The predicted octanol–water partition coefficient (Wildman–Crippen LogP) is 15.5. The molecule has 61 heavy (non-hydrogen) atoms. The molecule has 2 atom stereocenters. The van der Waals surface area contributed by atoms with Gasteiger partial charge in [0, 0.05) is 0 Å². The van der Waals surface area contributed by atoms with E-state index in [1.807, 2.05) is 36.5 Å². The summed E-state index contributed by atoms with van der Waals surface area (Å²) in [5.74, 6) is -1.73. The summed E-state index contributed by atoms with van der Waals surface area (Å²) in [5.41, 5.74) is 0.419. The molecule has 4 rings (SSSR count). The van der Waals surface area contributed by atoms with Crippen LogP contribution in [-0.4, -0.2) is 26.2 Å². The molecule has 0 aromatic heterocycles. The molecule has 0 bridgehead atoms. The zero-order chi connectivity index (χ0) is 44.8. The third kappa shape index (κ3) is 12.8. The third-order valence-electron chi connectivity index (χ3n) is 13.9. The molecule has 2 aromatic carbocycles. The first-order valence-corrected chi connectivity index (χ1v) is 27.5. The van der Waals surface area contributed by atoms with Crippen LogP contribution in [0.5, 0.6) is 0 Å². The summed E-state index contributed by atoms with van der Waals surface area (Å²) in [6, 6.07) is 5.99. The van der Waals surface area contributed by atoms with E-state index in [0.29, 0.717) is 62.2 Å². The van der Waals surface area contributed by atoms with Crippen molar-refractivity contribution in [2.24, 2.45) is 22.7 Å². The number of nitrogens with zero attached hydrogens (tertiary/aromatic N) is 2. The van der Waals surface area contributed by atoms with Crippen LogP contribution in [0.4, 0.5) is 28.9 Å². The second-order valence-corrected chi connectivity index (χ2v) is 25.9. The monoisotopic (exact) mass is 883 g/mol. The fourth-order valence-corrected chi connectivity index (χ4v) is 18.8. The van der Waals surface area contributed by atoms with Crippen molar-refractivity contribution in [1.82, 2.24) is 0 Å². The fraction of sp³-hybridized carbons (Fsp3) is 0.630. The van der Waals surface area contributed by atoms with E-state index in [-0.39, 0.29) is 18.6 Å². The molecule has 2 aromatic rings. The minimum absolute atomic E-state index is 0.0999. The van der Waals surface area contributed by atoms with Crippen LogP contribution in [0.25, 0.3) is 0 Å². The molecule has 0 heterocycles. The maximum absolute atomic E-state index is 18.4. The molecular formula is C54H82F4N2Ti. The van der Waals surface area contributed by atoms with Gasteiger partial charge in [-0.15, -0.1) is 0 Å². The molecule has 0 radical (unpaired) electrons. The van der Waals surface area contributed by atoms with Gasteiger partial charge in [0.15, 0.2) is 0 Å². The Labute approximate surface area is 373 Å². The van der Waals surface area contributed by atoms with Crippen LogP contribution in [0.2, 0.25) is 0 Å². The first-order valence-electron chi connectivity index (χ1n) is 24.3. The van der Waals surface area contributed by atoms with E-state index in [1.165, 1.54) is 12.1 Å². The second-order valence-electron chi connectivity index (χ2n) is 20.0. The number of hydrogen-bond donors (Lipinski definition) is 0. The van der Waals surface area contributed by atoms with E-state index in [2.05, 4.69) is 79.0 Å². The first kappa shape index (κ1) is 51.1. The maximum atomic E-state index is 18.4. The molecule has 340 valence electrons. The van der Waals surface area contributed by atoms with Crippen molar-refractivity contribution < 1.29 is 34.2 Å². The van der Waals surface area contributed by atoms with Gasteiger partial charge in [-0.3, -0.25) is 0 Å². The molecule has 0 saturated carbocycles. The Bertz CT molecular complexity index is 1690. The Morgan fingerprint density at radius 2 is 0.951 bits per heavy atom. The van der Waals surface area contributed by atoms with Crippen molar-refractivity contribution in [1.29, 1.82) is 0 Å². The Morgan fingerprint density at radius 1 is 0.557 bits per heavy atom. The zero-order valence-corrected chi connectivity index (χ0v) is 41.5. The van der Waals surface area contributed by atoms with Crippen LogP contribution >= 0.6 is 0 Å². The van der Waals surface area contributed by atoms with Crippen molar-refractivity contribution in [2.75, 3.05) is 36.0 Å². The van der Waals surface area contributed by atoms with E-state index in [0.717, 1.165) is 97.6 Å². The van der Waals surface area contributed by atoms with Crippen molar-refractivity contribution in [3.63, 3.8) is 0 Å². The van der Waals surface area contributed by atoms with Crippen LogP contribution in [0, 0.1) is 45.9 Å². The van der Waals surface area contributed by atoms with Gasteiger partial charge in [0.25, 0.3) is 0 Å². The van der Waals surface area contributed by atoms with E-state index in [9.17, 15) is 0 Å². The fourth-order valence-electron chi connectivity index (χ4n) is 10.6. The zero-order valence-electron chi connectivity index (χ0n) is 40.0. The van der Waals surface area contributed by atoms with Crippen LogP contribution in [-0.2, 0) is 16.6 Å². The SMILES string of the molecule is CCCCC(CC)CCN(CC(C)(C)CCC)c1ccc(F)[c]([Ti]([C]2=CC=CC2)([C]2=CC=CC2)[c]2c(F)ccc(N(CCC(CC)CCCC)CC(C)(C)CCC)c2F)c1F. The molecule has 2 nitrogen and oxygen atoms in total. The molecule has 0 N–H and O–H groups in total. The summed E-state index contributed by atoms with van der Waals surface area (Å²) in [4.78, 5) is 4.28. The molecule has 2 unspecified atom stereocenters. The van der Waals surface area contributed by atoms with Gasteiger partial charge >= 0.3 is 376 Å². The average Bonchev–Trinajstić information content (AvgIpc) is 3.96. The average molecular weight is 883 g/mol. The molecule has 7 heteroatoms. The van der Waals surface area contributed by atoms with Crippen LogP contribution in [0.15, 0.2) is 68.5 Å².